The molecule has 1 aromatic heterocycles. The first-order valence-electron chi connectivity index (χ1n) is 5.12. The highest BCUT2D eigenvalue weighted by molar-refractivity contribution is 6.35. The van der Waals surface area contributed by atoms with E-state index in [1.807, 2.05) is 0 Å². The number of ether oxygens (including phenoxy) is 1. The van der Waals surface area contributed by atoms with Gasteiger partial charge in [0.15, 0.2) is 0 Å². The first-order valence-corrected chi connectivity index (χ1v) is 6.41. The van der Waals surface area contributed by atoms with E-state index in [0.29, 0.717) is 21.5 Å². The summed E-state index contributed by atoms with van der Waals surface area (Å²) in [5, 5.41) is 8.70. The van der Waals surface area contributed by atoms with Crippen LogP contribution in [0.25, 0.3) is 0 Å². The molecule has 2 rings (SSSR count). The summed E-state index contributed by atoms with van der Waals surface area (Å²) < 4.78 is 7.22. The van der Waals surface area contributed by atoms with Crippen LogP contribution in [0.5, 0.6) is 5.75 Å². The van der Waals surface area contributed by atoms with Crippen LogP contribution in [0.4, 0.5) is 0 Å². The summed E-state index contributed by atoms with van der Waals surface area (Å²) in [6.07, 6.45) is 1.77. The summed E-state index contributed by atoms with van der Waals surface area (Å²) >= 11 is 17.8. The fourth-order valence-electron chi connectivity index (χ4n) is 1.48. The molecule has 0 aliphatic heterocycles. The zero-order valence-electron chi connectivity index (χ0n) is 9.53. The van der Waals surface area contributed by atoms with E-state index in [2.05, 4.69) is 10.3 Å². The zero-order chi connectivity index (χ0) is 13.1. The van der Waals surface area contributed by atoms with E-state index >= 15 is 0 Å². The number of benzene rings is 1. The highest BCUT2D eigenvalue weighted by atomic mass is 35.5. The molecule has 18 heavy (non-hydrogen) atoms. The van der Waals surface area contributed by atoms with E-state index in [0.717, 1.165) is 5.56 Å². The maximum Gasteiger partial charge on any atom is 0.142 e. The van der Waals surface area contributed by atoms with E-state index in [1.54, 1.807) is 30.1 Å². The molecule has 0 aliphatic carbocycles. The summed E-state index contributed by atoms with van der Waals surface area (Å²) in [6.45, 7) is 0.277. The van der Waals surface area contributed by atoms with Gasteiger partial charge in [-0.25, -0.2) is 0 Å². The first-order chi connectivity index (χ1) is 8.60. The van der Waals surface area contributed by atoms with Crippen molar-refractivity contribution in [1.29, 1.82) is 0 Å². The fraction of sp³-hybridized carbons (Fsp3) is 0.273. The molecule has 1 aromatic carbocycles. The monoisotopic (exact) mass is 305 g/mol. The second kappa shape index (κ2) is 5.78. The van der Waals surface area contributed by atoms with Gasteiger partial charge in [-0.05, 0) is 12.1 Å². The Kier molecular flexibility index (Phi) is 4.32. The highest BCUT2D eigenvalue weighted by Crippen LogP contribution is 2.33. The summed E-state index contributed by atoms with van der Waals surface area (Å²) in [7, 11) is 1.79. The lowest BCUT2D eigenvalue weighted by molar-refractivity contribution is 0.299. The minimum Gasteiger partial charge on any atom is -0.485 e. The van der Waals surface area contributed by atoms with E-state index in [4.69, 9.17) is 39.5 Å². The summed E-state index contributed by atoms with van der Waals surface area (Å²) in [4.78, 5) is 0. The van der Waals surface area contributed by atoms with E-state index in [9.17, 15) is 0 Å². The Balaban J connectivity index is 2.18. The van der Waals surface area contributed by atoms with Crippen molar-refractivity contribution >= 4 is 34.8 Å². The summed E-state index contributed by atoms with van der Waals surface area (Å²) in [6, 6.07) is 3.34. The molecule has 0 unspecified atom stereocenters. The Morgan fingerprint density at radius 3 is 2.72 bits per heavy atom. The molecule has 0 radical (unpaired) electrons. The van der Waals surface area contributed by atoms with Gasteiger partial charge < -0.3 is 4.74 Å². The van der Waals surface area contributed by atoms with Crippen molar-refractivity contribution in [1.82, 2.24) is 15.0 Å². The number of hydrogen-bond acceptors (Lipinski definition) is 3. The second-order valence-electron chi connectivity index (χ2n) is 3.68. The van der Waals surface area contributed by atoms with Crippen LogP contribution in [0.1, 0.15) is 11.3 Å². The van der Waals surface area contributed by atoms with Gasteiger partial charge in [0.2, 0.25) is 0 Å². The maximum absolute atomic E-state index is 6.08. The predicted molar refractivity (Wildman–Crippen MR) is 71.4 cm³/mol. The molecule has 1 heterocycles. The molecule has 2 aromatic rings. The van der Waals surface area contributed by atoms with Crippen molar-refractivity contribution in [2.24, 2.45) is 7.05 Å². The average Bonchev–Trinajstić information content (AvgIpc) is 2.73. The van der Waals surface area contributed by atoms with Crippen molar-refractivity contribution < 1.29 is 4.74 Å². The maximum atomic E-state index is 6.08. The van der Waals surface area contributed by atoms with Crippen molar-refractivity contribution in [2.75, 3.05) is 0 Å². The van der Waals surface area contributed by atoms with Gasteiger partial charge >= 0.3 is 0 Å². The number of aromatic nitrogens is 3. The highest BCUT2D eigenvalue weighted by Gasteiger charge is 2.11. The first kappa shape index (κ1) is 13.5. The fourth-order valence-corrected chi connectivity index (χ4v) is 2.27. The second-order valence-corrected chi connectivity index (χ2v) is 4.79. The van der Waals surface area contributed by atoms with Crippen LogP contribution in [0.3, 0.4) is 0 Å². The molecule has 0 saturated heterocycles. The minimum absolute atomic E-state index is 0.274. The van der Waals surface area contributed by atoms with Crippen LogP contribution in [-0.4, -0.2) is 15.0 Å². The largest absolute Gasteiger partial charge is 0.485 e. The lowest BCUT2D eigenvalue weighted by atomic mass is 10.2. The van der Waals surface area contributed by atoms with Gasteiger partial charge in [0, 0.05) is 17.6 Å². The van der Waals surface area contributed by atoms with Crippen molar-refractivity contribution in [3.8, 4) is 5.75 Å². The third-order valence-corrected chi connectivity index (χ3v) is 3.03. The third-order valence-electron chi connectivity index (χ3n) is 2.24. The smallest absolute Gasteiger partial charge is 0.142 e. The molecule has 0 fully saturated rings. The number of nitrogens with zero attached hydrogens (tertiary/aromatic N) is 3. The van der Waals surface area contributed by atoms with Gasteiger partial charge in [0.25, 0.3) is 0 Å². The topological polar surface area (TPSA) is 39.9 Å². The molecule has 4 nitrogen and oxygen atoms in total. The van der Waals surface area contributed by atoms with Gasteiger partial charge in [0.05, 0.1) is 17.1 Å². The summed E-state index contributed by atoms with van der Waals surface area (Å²) in [5.74, 6) is 0.803. The lowest BCUT2D eigenvalue weighted by Gasteiger charge is -2.11. The summed E-state index contributed by atoms with van der Waals surface area (Å²) in [5.41, 5.74) is 1.46. The number of alkyl halides is 1. The molecular formula is C11H10Cl3N3O. The molecule has 0 aliphatic rings. The van der Waals surface area contributed by atoms with Crippen LogP contribution in [0.15, 0.2) is 18.3 Å². The van der Waals surface area contributed by atoms with Gasteiger partial charge in [-0.3, -0.25) is 4.68 Å². The molecule has 0 N–H and O–H groups in total. The quantitative estimate of drug-likeness (QED) is 0.812. The van der Waals surface area contributed by atoms with Gasteiger partial charge in [-0.1, -0.05) is 28.4 Å². The van der Waals surface area contributed by atoms with Crippen LogP contribution in [-0.2, 0) is 19.5 Å². The van der Waals surface area contributed by atoms with Crippen molar-refractivity contribution in [3.05, 3.63) is 39.6 Å². The molecule has 7 heteroatoms. The minimum atomic E-state index is 0.274. The van der Waals surface area contributed by atoms with Crippen molar-refractivity contribution in [3.63, 3.8) is 0 Å². The average molecular weight is 307 g/mol. The third kappa shape index (κ3) is 3.07. The van der Waals surface area contributed by atoms with Crippen molar-refractivity contribution in [2.45, 2.75) is 12.5 Å². The number of rotatable bonds is 4. The Morgan fingerprint density at radius 2 is 2.11 bits per heavy atom. The van der Waals surface area contributed by atoms with Crippen LogP contribution in [0.2, 0.25) is 10.0 Å². The van der Waals surface area contributed by atoms with Crippen LogP contribution < -0.4 is 4.74 Å². The van der Waals surface area contributed by atoms with E-state index in [-0.39, 0.29) is 12.5 Å². The Bertz CT molecular complexity index is 556. The van der Waals surface area contributed by atoms with Gasteiger partial charge in [0.1, 0.15) is 18.1 Å². The molecule has 96 valence electrons. The standard InChI is InChI=1S/C11H10Cl3N3O/c1-17-5-9(15-16-17)6-18-11-7(4-12)2-8(13)3-10(11)14/h2-3,5H,4,6H2,1H3. The van der Waals surface area contributed by atoms with Crippen LogP contribution in [0, 0.1) is 0 Å². The number of halogens is 3. The molecule has 0 amide bonds. The molecule has 0 spiro atoms. The van der Waals surface area contributed by atoms with Gasteiger partial charge in [-0.2, -0.15) is 0 Å². The van der Waals surface area contributed by atoms with Gasteiger partial charge in [-0.15, -0.1) is 16.7 Å². The molecular weight excluding hydrogens is 296 g/mol. The van der Waals surface area contributed by atoms with E-state index < -0.39 is 0 Å². The molecule has 0 saturated carbocycles. The molecule has 0 bridgehead atoms. The number of aryl methyl sites for hydroxylation is 1. The van der Waals surface area contributed by atoms with Crippen LogP contribution >= 0.6 is 34.8 Å². The zero-order valence-corrected chi connectivity index (χ0v) is 11.8. The SMILES string of the molecule is Cn1cc(COc2c(Cl)cc(Cl)cc2CCl)nn1. The lowest BCUT2D eigenvalue weighted by Crippen LogP contribution is -1.99. The molecule has 0 atom stereocenters. The normalized spacial score (nSPS) is 10.7. The Hall–Kier alpha value is -0.970. The van der Waals surface area contributed by atoms with E-state index in [1.165, 1.54) is 0 Å². The predicted octanol–water partition coefficient (Wildman–Crippen LogP) is 3.44. The Labute approximate surface area is 119 Å². The number of hydrogen-bond donors (Lipinski definition) is 0. The Morgan fingerprint density at radius 1 is 1.33 bits per heavy atom.